The van der Waals surface area contributed by atoms with Crippen molar-refractivity contribution in [3.63, 3.8) is 0 Å². The van der Waals surface area contributed by atoms with Gasteiger partial charge in [0.25, 0.3) is 0 Å². The molecule has 0 bridgehead atoms. The first kappa shape index (κ1) is 9.46. The number of fused-ring (bicyclic) bond motifs is 1. The normalized spacial score (nSPS) is 20.2. The zero-order chi connectivity index (χ0) is 10.3. The van der Waals surface area contributed by atoms with Crippen LogP contribution in [0.15, 0.2) is 28.2 Å². The van der Waals surface area contributed by atoms with Gasteiger partial charge in [0.05, 0.1) is 16.6 Å². The van der Waals surface area contributed by atoms with E-state index >= 15 is 0 Å². The van der Waals surface area contributed by atoms with Crippen LogP contribution in [0.3, 0.4) is 0 Å². The summed E-state index contributed by atoms with van der Waals surface area (Å²) in [5.74, 6) is 1.08. The predicted octanol–water partition coefficient (Wildman–Crippen LogP) is 3.23. The lowest BCUT2D eigenvalue weighted by molar-refractivity contribution is 0.456. The maximum atomic E-state index is 6.15. The van der Waals surface area contributed by atoms with Gasteiger partial charge in [-0.05, 0) is 17.5 Å². The summed E-state index contributed by atoms with van der Waals surface area (Å²) in [7, 11) is 0. The number of rotatable bonds is 1. The number of hydrogen-bond donors (Lipinski definition) is 1. The molecule has 0 saturated heterocycles. The molecule has 0 aromatic carbocycles. The second-order valence-electron chi connectivity index (χ2n) is 3.59. The van der Waals surface area contributed by atoms with Crippen molar-refractivity contribution < 1.29 is 4.42 Å². The maximum absolute atomic E-state index is 6.15. The highest BCUT2D eigenvalue weighted by Crippen LogP contribution is 2.35. The van der Waals surface area contributed by atoms with Crippen LogP contribution in [0.5, 0.6) is 0 Å². The molecule has 4 heteroatoms. The van der Waals surface area contributed by atoms with Crippen LogP contribution in [0.1, 0.15) is 22.9 Å². The summed E-state index contributed by atoms with van der Waals surface area (Å²) >= 11 is 7.72. The third kappa shape index (κ3) is 1.51. The van der Waals surface area contributed by atoms with Crippen LogP contribution in [0, 0.1) is 0 Å². The lowest BCUT2D eigenvalue weighted by atomic mass is 9.97. The summed E-state index contributed by atoms with van der Waals surface area (Å²) in [6.07, 6.45) is 2.71. The number of thiophene rings is 1. The van der Waals surface area contributed by atoms with E-state index in [2.05, 4.69) is 11.4 Å². The first-order chi connectivity index (χ1) is 7.36. The van der Waals surface area contributed by atoms with Crippen molar-refractivity contribution in [3.05, 3.63) is 45.0 Å². The van der Waals surface area contributed by atoms with Crippen molar-refractivity contribution in [3.8, 4) is 0 Å². The van der Waals surface area contributed by atoms with E-state index in [0.29, 0.717) is 0 Å². The molecule has 3 heterocycles. The van der Waals surface area contributed by atoms with E-state index in [1.54, 1.807) is 17.6 Å². The van der Waals surface area contributed by atoms with Gasteiger partial charge in [-0.25, -0.2) is 0 Å². The van der Waals surface area contributed by atoms with Crippen LogP contribution in [-0.2, 0) is 6.42 Å². The molecule has 0 aliphatic carbocycles. The van der Waals surface area contributed by atoms with E-state index in [9.17, 15) is 0 Å². The van der Waals surface area contributed by atoms with Gasteiger partial charge in [-0.3, -0.25) is 0 Å². The van der Waals surface area contributed by atoms with Crippen LogP contribution in [-0.4, -0.2) is 6.54 Å². The molecule has 0 amide bonds. The molecule has 1 N–H and O–H groups in total. The minimum Gasteiger partial charge on any atom is -0.469 e. The highest BCUT2D eigenvalue weighted by molar-refractivity contribution is 7.14. The van der Waals surface area contributed by atoms with Gasteiger partial charge < -0.3 is 9.73 Å². The Labute approximate surface area is 96.9 Å². The Kier molecular flexibility index (Phi) is 2.31. The SMILES string of the molecule is Clc1sccc1C1NCCc2occc21. The molecule has 1 aliphatic heterocycles. The van der Waals surface area contributed by atoms with Gasteiger partial charge in [-0.15, -0.1) is 11.3 Å². The molecule has 1 unspecified atom stereocenters. The van der Waals surface area contributed by atoms with Crippen molar-refractivity contribution in [1.29, 1.82) is 0 Å². The summed E-state index contributed by atoms with van der Waals surface area (Å²) < 4.78 is 6.31. The van der Waals surface area contributed by atoms with Crippen LogP contribution >= 0.6 is 22.9 Å². The van der Waals surface area contributed by atoms with E-state index in [0.717, 1.165) is 28.6 Å². The Morgan fingerprint density at radius 1 is 1.40 bits per heavy atom. The van der Waals surface area contributed by atoms with E-state index in [4.69, 9.17) is 16.0 Å². The molecule has 78 valence electrons. The average Bonchev–Trinajstić information content (AvgIpc) is 2.85. The van der Waals surface area contributed by atoms with E-state index in [1.165, 1.54) is 5.56 Å². The van der Waals surface area contributed by atoms with Crippen molar-refractivity contribution in [2.24, 2.45) is 0 Å². The van der Waals surface area contributed by atoms with E-state index in [1.807, 2.05) is 11.4 Å². The molecule has 0 saturated carbocycles. The fourth-order valence-electron chi connectivity index (χ4n) is 2.04. The van der Waals surface area contributed by atoms with Gasteiger partial charge in [0.1, 0.15) is 5.76 Å². The largest absolute Gasteiger partial charge is 0.469 e. The molecule has 15 heavy (non-hydrogen) atoms. The standard InChI is InChI=1S/C11H10ClNOS/c12-11-8(3-6-15-11)10-7-2-5-14-9(7)1-4-13-10/h2-3,5-6,10,13H,1,4H2. The highest BCUT2D eigenvalue weighted by Gasteiger charge is 2.25. The van der Waals surface area contributed by atoms with Crippen LogP contribution in [0.25, 0.3) is 0 Å². The van der Waals surface area contributed by atoms with Gasteiger partial charge in [0.15, 0.2) is 0 Å². The average molecular weight is 240 g/mol. The third-order valence-corrected chi connectivity index (χ3v) is 3.95. The van der Waals surface area contributed by atoms with E-state index < -0.39 is 0 Å². The first-order valence-electron chi connectivity index (χ1n) is 4.89. The fraction of sp³-hybridized carbons (Fsp3) is 0.273. The van der Waals surface area contributed by atoms with Gasteiger partial charge in [0, 0.05) is 24.1 Å². The van der Waals surface area contributed by atoms with Gasteiger partial charge in [-0.1, -0.05) is 11.6 Å². The Hall–Kier alpha value is -0.770. The van der Waals surface area contributed by atoms with Gasteiger partial charge in [0.2, 0.25) is 0 Å². The van der Waals surface area contributed by atoms with Crippen LogP contribution < -0.4 is 5.32 Å². The fourth-order valence-corrected chi connectivity index (χ4v) is 3.02. The second kappa shape index (κ2) is 3.67. The summed E-state index contributed by atoms with van der Waals surface area (Å²) in [6, 6.07) is 4.30. The molecule has 1 atom stereocenters. The van der Waals surface area contributed by atoms with Crippen molar-refractivity contribution in [2.75, 3.05) is 6.54 Å². The van der Waals surface area contributed by atoms with Gasteiger partial charge in [-0.2, -0.15) is 0 Å². The lowest BCUT2D eigenvalue weighted by Gasteiger charge is -2.22. The monoisotopic (exact) mass is 239 g/mol. The lowest BCUT2D eigenvalue weighted by Crippen LogP contribution is -2.29. The predicted molar refractivity (Wildman–Crippen MR) is 61.6 cm³/mol. The summed E-state index contributed by atoms with van der Waals surface area (Å²) in [6.45, 7) is 0.942. The minimum atomic E-state index is 0.200. The summed E-state index contributed by atoms with van der Waals surface area (Å²) in [5, 5.41) is 5.49. The molecule has 2 aromatic heterocycles. The Morgan fingerprint density at radius 2 is 2.33 bits per heavy atom. The molecule has 2 nitrogen and oxygen atoms in total. The molecular weight excluding hydrogens is 230 g/mol. The number of furan rings is 1. The zero-order valence-corrected chi connectivity index (χ0v) is 9.57. The Morgan fingerprint density at radius 3 is 3.13 bits per heavy atom. The van der Waals surface area contributed by atoms with Crippen molar-refractivity contribution >= 4 is 22.9 Å². The zero-order valence-electron chi connectivity index (χ0n) is 8.00. The molecule has 0 fully saturated rings. The quantitative estimate of drug-likeness (QED) is 0.827. The van der Waals surface area contributed by atoms with Gasteiger partial charge >= 0.3 is 0 Å². The highest BCUT2D eigenvalue weighted by atomic mass is 35.5. The molecule has 0 spiro atoms. The minimum absolute atomic E-state index is 0.200. The number of nitrogens with one attached hydrogen (secondary N) is 1. The van der Waals surface area contributed by atoms with Crippen LogP contribution in [0.2, 0.25) is 4.34 Å². The Bertz CT molecular complexity index is 476. The molecule has 3 rings (SSSR count). The summed E-state index contributed by atoms with van der Waals surface area (Å²) in [4.78, 5) is 0. The second-order valence-corrected chi connectivity index (χ2v) is 5.10. The number of hydrogen-bond acceptors (Lipinski definition) is 3. The third-order valence-electron chi connectivity index (χ3n) is 2.75. The number of halogens is 1. The Balaban J connectivity index is 2.07. The topological polar surface area (TPSA) is 25.2 Å². The first-order valence-corrected chi connectivity index (χ1v) is 6.14. The van der Waals surface area contributed by atoms with Crippen molar-refractivity contribution in [2.45, 2.75) is 12.5 Å². The molecular formula is C11H10ClNOS. The summed E-state index contributed by atoms with van der Waals surface area (Å²) in [5.41, 5.74) is 2.38. The molecule has 2 aromatic rings. The van der Waals surface area contributed by atoms with Crippen molar-refractivity contribution in [1.82, 2.24) is 5.32 Å². The smallest absolute Gasteiger partial charge is 0.110 e. The van der Waals surface area contributed by atoms with Crippen LogP contribution in [0.4, 0.5) is 0 Å². The van der Waals surface area contributed by atoms with E-state index in [-0.39, 0.29) is 6.04 Å². The molecule has 1 aliphatic rings. The maximum Gasteiger partial charge on any atom is 0.110 e. The molecule has 0 radical (unpaired) electrons.